The van der Waals surface area contributed by atoms with Crippen LogP contribution < -0.4 is 10.0 Å². The quantitative estimate of drug-likeness (QED) is 0.821. The van der Waals surface area contributed by atoms with Crippen LogP contribution in [0, 0.1) is 0 Å². The van der Waals surface area contributed by atoms with Crippen LogP contribution in [0.4, 0.5) is 11.4 Å². The molecule has 2 N–H and O–H groups in total. The zero-order valence-corrected chi connectivity index (χ0v) is 10.7. The molecular weight excluding hydrogens is 264 g/mol. The lowest BCUT2D eigenvalue weighted by Crippen LogP contribution is -2.12. The van der Waals surface area contributed by atoms with Crippen LogP contribution in [0.15, 0.2) is 59.5 Å². The maximum absolute atomic E-state index is 12.0. The number of hydrogen-bond acceptors (Lipinski definition) is 3. The van der Waals surface area contributed by atoms with Crippen LogP contribution in [0.3, 0.4) is 0 Å². The van der Waals surface area contributed by atoms with Crippen molar-refractivity contribution in [2.45, 2.75) is 4.90 Å². The maximum atomic E-state index is 12.0. The first-order valence-electron chi connectivity index (χ1n) is 5.50. The highest BCUT2D eigenvalue weighted by atomic mass is 32.2. The van der Waals surface area contributed by atoms with Gasteiger partial charge < -0.3 is 5.32 Å². The van der Waals surface area contributed by atoms with Gasteiger partial charge in [0.05, 0.1) is 4.90 Å². The molecule has 1 amide bonds. The van der Waals surface area contributed by atoms with Crippen molar-refractivity contribution in [2.75, 3.05) is 10.0 Å². The molecule has 19 heavy (non-hydrogen) atoms. The number of rotatable bonds is 5. The fourth-order valence-corrected chi connectivity index (χ4v) is 2.60. The van der Waals surface area contributed by atoms with E-state index in [2.05, 4.69) is 10.0 Å². The van der Waals surface area contributed by atoms with Crippen LogP contribution in [0.5, 0.6) is 0 Å². The molecule has 0 saturated heterocycles. The summed E-state index contributed by atoms with van der Waals surface area (Å²) in [7, 11) is -3.58. The molecule has 0 heterocycles. The predicted octanol–water partition coefficient (Wildman–Crippen LogP) is 2.06. The Kier molecular flexibility index (Phi) is 3.82. The normalized spacial score (nSPS) is 10.7. The van der Waals surface area contributed by atoms with Crippen molar-refractivity contribution in [3.05, 3.63) is 54.6 Å². The molecule has 0 saturated carbocycles. The monoisotopic (exact) mass is 276 g/mol. The molecular formula is C13H12N2O3S. The number of benzene rings is 2. The summed E-state index contributed by atoms with van der Waals surface area (Å²) < 4.78 is 26.5. The van der Waals surface area contributed by atoms with E-state index < -0.39 is 10.0 Å². The van der Waals surface area contributed by atoms with Gasteiger partial charge in [-0.3, -0.25) is 9.52 Å². The van der Waals surface area contributed by atoms with E-state index in [9.17, 15) is 13.2 Å². The second-order valence-electron chi connectivity index (χ2n) is 3.76. The number of nitrogens with one attached hydrogen (secondary N) is 2. The van der Waals surface area contributed by atoms with E-state index in [-0.39, 0.29) is 4.90 Å². The van der Waals surface area contributed by atoms with E-state index in [0.717, 1.165) is 0 Å². The highest BCUT2D eigenvalue weighted by Crippen LogP contribution is 2.17. The van der Waals surface area contributed by atoms with Gasteiger partial charge in [0.25, 0.3) is 10.0 Å². The maximum Gasteiger partial charge on any atom is 0.261 e. The van der Waals surface area contributed by atoms with Gasteiger partial charge >= 0.3 is 0 Å². The first kappa shape index (κ1) is 13.1. The molecule has 0 aliphatic carbocycles. The van der Waals surface area contributed by atoms with Crippen molar-refractivity contribution >= 4 is 27.8 Å². The summed E-state index contributed by atoms with van der Waals surface area (Å²) in [6.45, 7) is 0. The second kappa shape index (κ2) is 5.53. The molecule has 0 spiro atoms. The van der Waals surface area contributed by atoms with Crippen molar-refractivity contribution in [3.8, 4) is 0 Å². The van der Waals surface area contributed by atoms with Crippen LogP contribution in [-0.4, -0.2) is 14.8 Å². The number of anilines is 2. The Morgan fingerprint density at radius 2 is 1.42 bits per heavy atom. The number of carbonyl (C=O) groups excluding carboxylic acids is 1. The highest BCUT2D eigenvalue weighted by molar-refractivity contribution is 7.92. The molecule has 2 rings (SSSR count). The average Bonchev–Trinajstić information content (AvgIpc) is 2.42. The first-order valence-corrected chi connectivity index (χ1v) is 6.98. The lowest BCUT2D eigenvalue weighted by Gasteiger charge is -2.08. The zero-order valence-electron chi connectivity index (χ0n) is 9.91. The van der Waals surface area contributed by atoms with E-state index in [1.807, 2.05) is 0 Å². The van der Waals surface area contributed by atoms with Crippen LogP contribution in [0.1, 0.15) is 0 Å². The third-order valence-electron chi connectivity index (χ3n) is 2.42. The van der Waals surface area contributed by atoms with E-state index in [1.54, 1.807) is 42.5 Å². The van der Waals surface area contributed by atoms with Gasteiger partial charge in [0.1, 0.15) is 0 Å². The minimum Gasteiger partial charge on any atom is -0.329 e. The number of amides is 1. The summed E-state index contributed by atoms with van der Waals surface area (Å²) in [6, 6.07) is 14.5. The van der Waals surface area contributed by atoms with Crippen molar-refractivity contribution in [1.29, 1.82) is 0 Å². The Labute approximate surface area is 111 Å². The first-order chi connectivity index (χ1) is 9.12. The summed E-state index contributed by atoms with van der Waals surface area (Å²) in [5.41, 5.74) is 1.03. The molecule has 2 aromatic rings. The molecule has 0 bridgehead atoms. The third kappa shape index (κ3) is 3.32. The van der Waals surface area contributed by atoms with Crippen molar-refractivity contribution in [2.24, 2.45) is 0 Å². The number of hydrogen-bond donors (Lipinski definition) is 2. The Hall–Kier alpha value is -2.34. The standard InChI is InChI=1S/C13H12N2O3S/c16-10-14-11-6-8-12(9-7-11)15-19(17,18)13-4-2-1-3-5-13/h1-10,15H,(H,14,16). The van der Waals surface area contributed by atoms with Gasteiger partial charge in [-0.15, -0.1) is 0 Å². The Morgan fingerprint density at radius 1 is 0.842 bits per heavy atom. The van der Waals surface area contributed by atoms with Gasteiger partial charge in [-0.05, 0) is 36.4 Å². The minimum atomic E-state index is -3.58. The summed E-state index contributed by atoms with van der Waals surface area (Å²) >= 11 is 0. The predicted molar refractivity (Wildman–Crippen MR) is 73.4 cm³/mol. The second-order valence-corrected chi connectivity index (χ2v) is 5.44. The van der Waals surface area contributed by atoms with E-state index in [4.69, 9.17) is 0 Å². The fraction of sp³-hybridized carbons (Fsp3) is 0. The summed E-state index contributed by atoms with van der Waals surface area (Å²) in [6.07, 6.45) is 0.559. The molecule has 98 valence electrons. The molecule has 0 radical (unpaired) electrons. The zero-order chi connectivity index (χ0) is 13.7. The Morgan fingerprint density at radius 3 is 2.00 bits per heavy atom. The van der Waals surface area contributed by atoms with Crippen LogP contribution in [0.25, 0.3) is 0 Å². The van der Waals surface area contributed by atoms with Gasteiger partial charge in [-0.1, -0.05) is 18.2 Å². The van der Waals surface area contributed by atoms with E-state index in [0.29, 0.717) is 17.8 Å². The van der Waals surface area contributed by atoms with Crippen LogP contribution >= 0.6 is 0 Å². The van der Waals surface area contributed by atoms with Gasteiger partial charge in [0.15, 0.2) is 0 Å². The molecule has 0 aliphatic rings. The third-order valence-corrected chi connectivity index (χ3v) is 3.81. The lowest BCUT2D eigenvalue weighted by molar-refractivity contribution is -0.105. The average molecular weight is 276 g/mol. The van der Waals surface area contributed by atoms with Gasteiger partial charge in [-0.2, -0.15) is 0 Å². The molecule has 0 unspecified atom stereocenters. The Balaban J connectivity index is 2.19. The molecule has 0 aliphatic heterocycles. The molecule has 5 nitrogen and oxygen atoms in total. The molecule has 2 aromatic carbocycles. The summed E-state index contributed by atoms with van der Waals surface area (Å²) in [5, 5.41) is 2.47. The summed E-state index contributed by atoms with van der Waals surface area (Å²) in [4.78, 5) is 10.4. The number of carbonyl (C=O) groups is 1. The summed E-state index contributed by atoms with van der Waals surface area (Å²) in [5.74, 6) is 0. The molecule has 0 atom stereocenters. The molecule has 0 fully saturated rings. The topological polar surface area (TPSA) is 75.3 Å². The SMILES string of the molecule is O=CNc1ccc(NS(=O)(=O)c2ccccc2)cc1. The van der Waals surface area contributed by atoms with Gasteiger partial charge in [0, 0.05) is 11.4 Å². The van der Waals surface area contributed by atoms with Gasteiger partial charge in [0.2, 0.25) is 6.41 Å². The fourth-order valence-electron chi connectivity index (χ4n) is 1.52. The molecule has 0 aromatic heterocycles. The Bertz CT molecular complexity index is 652. The van der Waals surface area contributed by atoms with Crippen molar-refractivity contribution < 1.29 is 13.2 Å². The lowest BCUT2D eigenvalue weighted by atomic mass is 10.3. The number of sulfonamides is 1. The van der Waals surface area contributed by atoms with Gasteiger partial charge in [-0.25, -0.2) is 8.42 Å². The molecule has 6 heteroatoms. The van der Waals surface area contributed by atoms with Crippen molar-refractivity contribution in [3.63, 3.8) is 0 Å². The van der Waals surface area contributed by atoms with E-state index in [1.165, 1.54) is 12.1 Å². The van der Waals surface area contributed by atoms with Crippen molar-refractivity contribution in [1.82, 2.24) is 0 Å². The highest BCUT2D eigenvalue weighted by Gasteiger charge is 2.12. The smallest absolute Gasteiger partial charge is 0.261 e. The largest absolute Gasteiger partial charge is 0.329 e. The van der Waals surface area contributed by atoms with E-state index >= 15 is 0 Å². The van der Waals surface area contributed by atoms with Crippen LogP contribution in [-0.2, 0) is 14.8 Å². The van der Waals surface area contributed by atoms with Crippen LogP contribution in [0.2, 0.25) is 0 Å². The minimum absolute atomic E-state index is 0.199.